The summed E-state index contributed by atoms with van der Waals surface area (Å²) in [6, 6.07) is 6.51. The van der Waals surface area contributed by atoms with E-state index in [1.165, 1.54) is 28.7 Å². The van der Waals surface area contributed by atoms with Gasteiger partial charge in [0.15, 0.2) is 11.4 Å². The number of likely N-dealkylation sites (tertiary alicyclic amines) is 1. The van der Waals surface area contributed by atoms with Crippen molar-refractivity contribution in [3.63, 3.8) is 0 Å². The molecule has 13 nitrogen and oxygen atoms in total. The Hall–Kier alpha value is -4.04. The van der Waals surface area contributed by atoms with Gasteiger partial charge in [0, 0.05) is 19.0 Å². The Bertz CT molecular complexity index is 1730. The SMILES string of the molecule is Cc1oncc1S(=O)(=O)Nc1cccc(-n2ncc3c(=O)n(CC4(O)CCN(C(=O)C5CC5)CC4)cnc32)c1. The third-order valence-electron chi connectivity index (χ3n) is 7.29. The lowest BCUT2D eigenvalue weighted by Gasteiger charge is -2.38. The second kappa shape index (κ2) is 9.31. The highest BCUT2D eigenvalue weighted by Crippen LogP contribution is 2.33. The Morgan fingerprint density at radius 2 is 2.00 bits per heavy atom. The molecule has 14 heteroatoms. The first kappa shape index (κ1) is 25.2. The van der Waals surface area contributed by atoms with Crippen LogP contribution >= 0.6 is 0 Å². The molecule has 1 aliphatic carbocycles. The predicted molar refractivity (Wildman–Crippen MR) is 139 cm³/mol. The molecule has 4 aromatic rings. The third-order valence-corrected chi connectivity index (χ3v) is 8.77. The smallest absolute Gasteiger partial charge is 0.267 e. The van der Waals surface area contributed by atoms with Crippen LogP contribution in [0.15, 0.2) is 57.2 Å². The average molecular weight is 554 g/mol. The summed E-state index contributed by atoms with van der Waals surface area (Å²) in [5.41, 5.74) is -0.412. The summed E-state index contributed by atoms with van der Waals surface area (Å²) in [5, 5.41) is 19.2. The van der Waals surface area contributed by atoms with E-state index >= 15 is 0 Å². The first-order valence-electron chi connectivity index (χ1n) is 12.6. The molecule has 2 fully saturated rings. The minimum absolute atomic E-state index is 0.0605. The molecule has 2 aliphatic rings. The Morgan fingerprint density at radius 1 is 1.23 bits per heavy atom. The van der Waals surface area contributed by atoms with Crippen LogP contribution in [-0.2, 0) is 21.4 Å². The number of aromatic nitrogens is 5. The number of benzene rings is 1. The first-order valence-corrected chi connectivity index (χ1v) is 14.1. The van der Waals surface area contributed by atoms with Crippen molar-refractivity contribution in [3.05, 3.63) is 59.1 Å². The van der Waals surface area contributed by atoms with Gasteiger partial charge in [-0.3, -0.25) is 18.9 Å². The normalized spacial score (nSPS) is 17.4. The van der Waals surface area contributed by atoms with E-state index in [9.17, 15) is 23.1 Å². The highest BCUT2D eigenvalue weighted by molar-refractivity contribution is 7.92. The maximum Gasteiger partial charge on any atom is 0.267 e. The zero-order valence-corrected chi connectivity index (χ0v) is 22.0. The quantitative estimate of drug-likeness (QED) is 0.344. The lowest BCUT2D eigenvalue weighted by molar-refractivity contribution is -0.137. The van der Waals surface area contributed by atoms with Gasteiger partial charge in [-0.1, -0.05) is 11.2 Å². The number of carbonyl (C=O) groups excluding carboxylic acids is 1. The van der Waals surface area contributed by atoms with Crippen molar-refractivity contribution in [2.75, 3.05) is 17.8 Å². The fourth-order valence-corrected chi connectivity index (χ4v) is 6.06. The summed E-state index contributed by atoms with van der Waals surface area (Å²) in [6.45, 7) is 2.49. The molecular weight excluding hydrogens is 526 g/mol. The zero-order chi connectivity index (χ0) is 27.4. The summed E-state index contributed by atoms with van der Waals surface area (Å²) < 4.78 is 35.6. The number of nitrogens with one attached hydrogen (secondary N) is 1. The lowest BCUT2D eigenvalue weighted by atomic mass is 9.91. The number of aryl methyl sites for hydroxylation is 1. The minimum atomic E-state index is -3.92. The number of hydrogen-bond donors (Lipinski definition) is 2. The molecule has 4 heterocycles. The topological polar surface area (TPSA) is 165 Å². The predicted octanol–water partition coefficient (Wildman–Crippen LogP) is 1.44. The molecule has 3 aromatic heterocycles. The van der Waals surface area contributed by atoms with Gasteiger partial charge < -0.3 is 14.5 Å². The number of sulfonamides is 1. The van der Waals surface area contributed by atoms with E-state index in [0.717, 1.165) is 19.0 Å². The highest BCUT2D eigenvalue weighted by Gasteiger charge is 2.39. The fraction of sp³-hybridized carbons (Fsp3) is 0.400. The van der Waals surface area contributed by atoms with E-state index in [2.05, 4.69) is 20.0 Å². The molecular formula is C25H27N7O6S. The average Bonchev–Trinajstić information content (AvgIpc) is 3.51. The largest absolute Gasteiger partial charge is 0.388 e. The molecule has 1 saturated heterocycles. The maximum atomic E-state index is 13.3. The van der Waals surface area contributed by atoms with Crippen molar-refractivity contribution < 1.29 is 22.8 Å². The number of aliphatic hydroxyl groups is 1. The van der Waals surface area contributed by atoms with Gasteiger partial charge in [0.2, 0.25) is 5.91 Å². The molecule has 1 aliphatic heterocycles. The van der Waals surface area contributed by atoms with Gasteiger partial charge in [-0.2, -0.15) is 5.10 Å². The van der Waals surface area contributed by atoms with Gasteiger partial charge in [-0.15, -0.1) is 0 Å². The van der Waals surface area contributed by atoms with Crippen molar-refractivity contribution >= 4 is 32.7 Å². The molecule has 1 aromatic carbocycles. The van der Waals surface area contributed by atoms with Crippen LogP contribution < -0.4 is 10.3 Å². The van der Waals surface area contributed by atoms with Crippen LogP contribution in [0.2, 0.25) is 0 Å². The number of nitrogens with zero attached hydrogens (tertiary/aromatic N) is 6. The molecule has 0 spiro atoms. The number of amides is 1. The van der Waals surface area contributed by atoms with Crippen LogP contribution in [0.25, 0.3) is 16.7 Å². The molecule has 1 amide bonds. The van der Waals surface area contributed by atoms with Crippen LogP contribution in [0, 0.1) is 12.8 Å². The molecule has 0 bridgehead atoms. The first-order chi connectivity index (χ1) is 18.6. The fourth-order valence-electron chi connectivity index (χ4n) is 4.92. The number of rotatable bonds is 7. The van der Waals surface area contributed by atoms with E-state index in [1.807, 2.05) is 4.90 Å². The van der Waals surface area contributed by atoms with Crippen LogP contribution in [-0.4, -0.2) is 67.5 Å². The number of hydrogen-bond acceptors (Lipinski definition) is 9. The highest BCUT2D eigenvalue weighted by atomic mass is 32.2. The van der Waals surface area contributed by atoms with E-state index in [1.54, 1.807) is 24.3 Å². The van der Waals surface area contributed by atoms with Crippen LogP contribution in [0.1, 0.15) is 31.4 Å². The van der Waals surface area contributed by atoms with Crippen LogP contribution in [0.5, 0.6) is 0 Å². The molecule has 0 unspecified atom stereocenters. The minimum Gasteiger partial charge on any atom is -0.388 e. The van der Waals surface area contributed by atoms with Crippen molar-refractivity contribution in [3.8, 4) is 5.69 Å². The molecule has 0 atom stereocenters. The zero-order valence-electron chi connectivity index (χ0n) is 21.1. The Labute approximate surface area is 223 Å². The third kappa shape index (κ3) is 4.81. The Morgan fingerprint density at radius 3 is 2.69 bits per heavy atom. The van der Waals surface area contributed by atoms with Crippen molar-refractivity contribution in [1.82, 2.24) is 29.4 Å². The van der Waals surface area contributed by atoms with E-state index in [-0.39, 0.29) is 45.7 Å². The lowest BCUT2D eigenvalue weighted by Crippen LogP contribution is -2.50. The molecule has 1 saturated carbocycles. The van der Waals surface area contributed by atoms with Crippen LogP contribution in [0.4, 0.5) is 5.69 Å². The Balaban J connectivity index is 1.22. The summed E-state index contributed by atoms with van der Waals surface area (Å²) in [6.07, 6.45) is 6.56. The number of piperidine rings is 1. The number of carbonyl (C=O) groups is 1. The molecule has 6 rings (SSSR count). The number of anilines is 1. The standard InChI is InChI=1S/C25H27N7O6S/c1-16-21(13-28-38-16)39(36,37)29-18-3-2-4-19(11-18)32-22-20(12-27-32)24(34)31(15-26-22)14-25(35)7-9-30(10-8-25)23(33)17-5-6-17/h2-4,11-13,15,17,29,35H,5-10,14H2,1H3. The van der Waals surface area contributed by atoms with E-state index in [4.69, 9.17) is 4.52 Å². The molecule has 2 N–H and O–H groups in total. The van der Waals surface area contributed by atoms with Gasteiger partial charge >= 0.3 is 0 Å². The van der Waals surface area contributed by atoms with Gasteiger partial charge in [-0.05, 0) is 50.8 Å². The number of fused-ring (bicyclic) bond motifs is 1. The van der Waals surface area contributed by atoms with Gasteiger partial charge in [0.1, 0.15) is 16.6 Å². The van der Waals surface area contributed by atoms with Gasteiger partial charge in [0.25, 0.3) is 15.6 Å². The Kier molecular flexibility index (Phi) is 6.03. The maximum absolute atomic E-state index is 13.3. The summed E-state index contributed by atoms with van der Waals surface area (Å²) in [5.74, 6) is 0.468. The van der Waals surface area contributed by atoms with Crippen molar-refractivity contribution in [2.45, 2.75) is 49.6 Å². The summed E-state index contributed by atoms with van der Waals surface area (Å²) in [4.78, 5) is 31.8. The van der Waals surface area contributed by atoms with Gasteiger partial charge in [-0.25, -0.2) is 18.1 Å². The molecule has 39 heavy (non-hydrogen) atoms. The molecule has 204 valence electrons. The van der Waals surface area contributed by atoms with Crippen molar-refractivity contribution in [1.29, 1.82) is 0 Å². The second-order valence-corrected chi connectivity index (χ2v) is 11.8. The van der Waals surface area contributed by atoms with E-state index < -0.39 is 15.6 Å². The molecule has 0 radical (unpaired) electrons. The van der Waals surface area contributed by atoms with Crippen molar-refractivity contribution in [2.24, 2.45) is 5.92 Å². The monoisotopic (exact) mass is 553 g/mol. The van der Waals surface area contributed by atoms with Crippen LogP contribution in [0.3, 0.4) is 0 Å². The summed E-state index contributed by atoms with van der Waals surface area (Å²) in [7, 11) is -3.92. The second-order valence-electron chi connectivity index (χ2n) is 10.2. The van der Waals surface area contributed by atoms with Gasteiger partial charge in [0.05, 0.1) is 35.9 Å². The summed E-state index contributed by atoms with van der Waals surface area (Å²) >= 11 is 0. The van der Waals surface area contributed by atoms with E-state index in [0.29, 0.717) is 37.3 Å².